The number of aromatic hydroxyl groups is 1. The van der Waals surface area contributed by atoms with E-state index in [9.17, 15) is 9.50 Å². The van der Waals surface area contributed by atoms with Gasteiger partial charge in [0, 0.05) is 37.8 Å². The second-order valence-electron chi connectivity index (χ2n) is 4.84. The van der Waals surface area contributed by atoms with Crippen molar-refractivity contribution in [2.75, 3.05) is 26.2 Å². The topological polar surface area (TPSA) is 35.5 Å². The van der Waals surface area contributed by atoms with Gasteiger partial charge in [-0.15, -0.1) is 24.8 Å². The zero-order valence-electron chi connectivity index (χ0n) is 11.9. The summed E-state index contributed by atoms with van der Waals surface area (Å²) in [6.07, 6.45) is 0.871. The molecule has 0 aromatic heterocycles. The Balaban J connectivity index is 0.00000180. The summed E-state index contributed by atoms with van der Waals surface area (Å²) in [4.78, 5) is 2.31. The van der Waals surface area contributed by atoms with E-state index >= 15 is 0 Å². The van der Waals surface area contributed by atoms with E-state index in [4.69, 9.17) is 0 Å². The first-order chi connectivity index (χ1) is 8.65. The van der Waals surface area contributed by atoms with Crippen LogP contribution in [0.15, 0.2) is 12.1 Å². The van der Waals surface area contributed by atoms with E-state index in [1.54, 1.807) is 13.0 Å². The SMILES string of the molecule is CC[C@@H](c1ccc(C)c(F)c1O)N1CCNCC1.Cl.Cl. The van der Waals surface area contributed by atoms with E-state index in [0.29, 0.717) is 11.1 Å². The lowest BCUT2D eigenvalue weighted by atomic mass is 9.99. The molecule has 1 aliphatic heterocycles. The number of hydrogen-bond donors (Lipinski definition) is 2. The quantitative estimate of drug-likeness (QED) is 0.897. The highest BCUT2D eigenvalue weighted by Gasteiger charge is 2.24. The van der Waals surface area contributed by atoms with Gasteiger partial charge in [-0.3, -0.25) is 4.90 Å². The van der Waals surface area contributed by atoms with Crippen LogP contribution in [-0.2, 0) is 0 Å². The summed E-state index contributed by atoms with van der Waals surface area (Å²) in [5.74, 6) is -0.665. The predicted molar refractivity (Wildman–Crippen MR) is 84.8 cm³/mol. The molecule has 0 bridgehead atoms. The van der Waals surface area contributed by atoms with Crippen molar-refractivity contribution in [3.05, 3.63) is 29.1 Å². The number of piperazine rings is 1. The highest BCUT2D eigenvalue weighted by molar-refractivity contribution is 5.85. The minimum absolute atomic E-state index is 0. The highest BCUT2D eigenvalue weighted by atomic mass is 35.5. The molecule has 1 aliphatic rings. The average molecular weight is 325 g/mol. The molecule has 2 N–H and O–H groups in total. The van der Waals surface area contributed by atoms with Crippen molar-refractivity contribution >= 4 is 24.8 Å². The van der Waals surface area contributed by atoms with Crippen LogP contribution in [0.25, 0.3) is 0 Å². The van der Waals surface area contributed by atoms with Gasteiger partial charge in [-0.1, -0.05) is 19.1 Å². The largest absolute Gasteiger partial charge is 0.505 e. The summed E-state index contributed by atoms with van der Waals surface area (Å²) < 4.78 is 13.8. The minimum atomic E-state index is -0.485. The summed E-state index contributed by atoms with van der Waals surface area (Å²) in [5, 5.41) is 13.3. The third-order valence-electron chi connectivity index (χ3n) is 3.68. The molecule has 20 heavy (non-hydrogen) atoms. The number of nitrogens with one attached hydrogen (secondary N) is 1. The van der Waals surface area contributed by atoms with E-state index in [-0.39, 0.29) is 36.6 Å². The van der Waals surface area contributed by atoms with Gasteiger partial charge < -0.3 is 10.4 Å². The van der Waals surface area contributed by atoms with Gasteiger partial charge >= 0.3 is 0 Å². The molecule has 1 heterocycles. The van der Waals surface area contributed by atoms with E-state index in [2.05, 4.69) is 17.1 Å². The van der Waals surface area contributed by atoms with Gasteiger partial charge in [-0.25, -0.2) is 4.39 Å². The Labute approximate surface area is 132 Å². The molecule has 6 heteroatoms. The molecule has 0 saturated carbocycles. The molecule has 1 aromatic rings. The normalized spacial score (nSPS) is 16.9. The zero-order chi connectivity index (χ0) is 13.1. The molecular weight excluding hydrogens is 302 g/mol. The maximum Gasteiger partial charge on any atom is 0.168 e. The van der Waals surface area contributed by atoms with Gasteiger partial charge in [0.1, 0.15) is 0 Å². The van der Waals surface area contributed by atoms with E-state index in [1.165, 1.54) is 0 Å². The summed E-state index contributed by atoms with van der Waals surface area (Å²) >= 11 is 0. The second kappa shape index (κ2) is 8.67. The molecule has 0 radical (unpaired) electrons. The summed E-state index contributed by atoms with van der Waals surface area (Å²) in [6, 6.07) is 3.70. The third kappa shape index (κ3) is 3.98. The maximum atomic E-state index is 13.8. The molecule has 0 amide bonds. The molecule has 0 aliphatic carbocycles. The third-order valence-corrected chi connectivity index (χ3v) is 3.68. The Morgan fingerprint density at radius 3 is 2.45 bits per heavy atom. The van der Waals surface area contributed by atoms with Crippen molar-refractivity contribution in [3.8, 4) is 5.75 Å². The maximum absolute atomic E-state index is 13.8. The van der Waals surface area contributed by atoms with Gasteiger partial charge in [-0.05, 0) is 18.9 Å². The number of phenolic OH excluding ortho intramolecular Hbond substituents is 1. The summed E-state index contributed by atoms with van der Waals surface area (Å²) in [6.45, 7) is 7.52. The molecule has 2 rings (SSSR count). The monoisotopic (exact) mass is 324 g/mol. The van der Waals surface area contributed by atoms with Crippen LogP contribution >= 0.6 is 24.8 Å². The number of benzene rings is 1. The van der Waals surface area contributed by atoms with Crippen molar-refractivity contribution < 1.29 is 9.50 Å². The standard InChI is InChI=1S/C14H21FN2O.2ClH/c1-3-12(17-8-6-16-7-9-17)11-5-4-10(2)13(15)14(11)18;;/h4-5,12,16,18H,3,6-9H2,1-2H3;2*1H/t12-;;/m0../s1. The van der Waals surface area contributed by atoms with Crippen LogP contribution in [0.4, 0.5) is 4.39 Å². The van der Waals surface area contributed by atoms with Crippen LogP contribution in [0.1, 0.15) is 30.5 Å². The van der Waals surface area contributed by atoms with Gasteiger partial charge in [0.25, 0.3) is 0 Å². The number of rotatable bonds is 3. The molecule has 0 spiro atoms. The number of hydrogen-bond acceptors (Lipinski definition) is 3. The summed E-state index contributed by atoms with van der Waals surface area (Å²) in [7, 11) is 0. The Kier molecular flexibility index (Phi) is 8.44. The van der Waals surface area contributed by atoms with Gasteiger partial charge in [-0.2, -0.15) is 0 Å². The fourth-order valence-corrected chi connectivity index (χ4v) is 2.62. The molecule has 1 saturated heterocycles. The lowest BCUT2D eigenvalue weighted by molar-refractivity contribution is 0.166. The van der Waals surface area contributed by atoms with Crippen molar-refractivity contribution in [2.45, 2.75) is 26.3 Å². The zero-order valence-corrected chi connectivity index (χ0v) is 13.5. The number of nitrogens with zero attached hydrogens (tertiary/aromatic N) is 1. The Morgan fingerprint density at radius 1 is 1.30 bits per heavy atom. The molecular formula is C14H23Cl2FN2O. The van der Waals surface area contributed by atoms with Gasteiger partial charge in [0.05, 0.1) is 0 Å². The van der Waals surface area contributed by atoms with Gasteiger partial charge in [0.2, 0.25) is 0 Å². The Morgan fingerprint density at radius 2 is 1.90 bits per heavy atom. The fourth-order valence-electron chi connectivity index (χ4n) is 2.62. The summed E-state index contributed by atoms with van der Waals surface area (Å²) in [5.41, 5.74) is 1.20. The van der Waals surface area contributed by atoms with Crippen molar-refractivity contribution in [1.82, 2.24) is 10.2 Å². The van der Waals surface area contributed by atoms with E-state index in [1.807, 2.05) is 6.07 Å². The Bertz CT molecular complexity index is 426. The number of phenols is 1. The lowest BCUT2D eigenvalue weighted by Gasteiger charge is -2.35. The molecule has 1 fully saturated rings. The van der Waals surface area contributed by atoms with Crippen LogP contribution in [0, 0.1) is 12.7 Å². The fraction of sp³-hybridized carbons (Fsp3) is 0.571. The molecule has 1 atom stereocenters. The van der Waals surface area contributed by atoms with Crippen LogP contribution in [0.5, 0.6) is 5.75 Å². The van der Waals surface area contributed by atoms with Crippen LogP contribution in [0.3, 0.4) is 0 Å². The second-order valence-corrected chi connectivity index (χ2v) is 4.84. The van der Waals surface area contributed by atoms with E-state index in [0.717, 1.165) is 32.6 Å². The molecule has 116 valence electrons. The molecule has 0 unspecified atom stereocenters. The van der Waals surface area contributed by atoms with E-state index < -0.39 is 5.82 Å². The van der Waals surface area contributed by atoms with Crippen molar-refractivity contribution in [1.29, 1.82) is 0 Å². The number of aryl methyl sites for hydroxylation is 1. The average Bonchev–Trinajstić information content (AvgIpc) is 2.41. The highest BCUT2D eigenvalue weighted by Crippen LogP contribution is 2.34. The lowest BCUT2D eigenvalue weighted by Crippen LogP contribution is -2.45. The smallest absolute Gasteiger partial charge is 0.168 e. The van der Waals surface area contributed by atoms with Crippen LogP contribution in [-0.4, -0.2) is 36.2 Å². The van der Waals surface area contributed by atoms with Crippen molar-refractivity contribution in [3.63, 3.8) is 0 Å². The minimum Gasteiger partial charge on any atom is -0.505 e. The molecule has 3 nitrogen and oxygen atoms in total. The first-order valence-corrected chi connectivity index (χ1v) is 6.58. The Hall–Kier alpha value is -0.550. The predicted octanol–water partition coefficient (Wildman–Crippen LogP) is 3.04. The first-order valence-electron chi connectivity index (χ1n) is 6.58. The van der Waals surface area contributed by atoms with Gasteiger partial charge in [0.15, 0.2) is 11.6 Å². The first kappa shape index (κ1) is 19.4. The van der Waals surface area contributed by atoms with Crippen LogP contribution < -0.4 is 5.32 Å². The van der Waals surface area contributed by atoms with Crippen LogP contribution in [0.2, 0.25) is 0 Å². The molecule has 1 aromatic carbocycles. The van der Waals surface area contributed by atoms with Crippen molar-refractivity contribution in [2.24, 2.45) is 0 Å². The number of halogens is 3.